The van der Waals surface area contributed by atoms with Gasteiger partial charge in [0.05, 0.1) is 17.9 Å². The van der Waals surface area contributed by atoms with Crippen LogP contribution in [-0.2, 0) is 19.2 Å². The van der Waals surface area contributed by atoms with Gasteiger partial charge in [-0.05, 0) is 174 Å². The number of aromatic nitrogens is 20. The molecule has 36 heteroatoms. The third-order valence-electron chi connectivity index (χ3n) is 16.8. The summed E-state index contributed by atoms with van der Waals surface area (Å²) < 4.78 is 7.52. The molecule has 12 aromatic heterocycles. The topological polar surface area (TPSA) is 424 Å². The average Bonchev–Trinajstić information content (AvgIpc) is 1.61. The zero-order valence-electron chi connectivity index (χ0n) is 61.1. The molecule has 0 aliphatic heterocycles. The van der Waals surface area contributed by atoms with Crippen molar-refractivity contribution >= 4 is 162 Å². The summed E-state index contributed by atoms with van der Waals surface area (Å²) in [5.74, 6) is 6.25. The molecule has 2 aliphatic carbocycles. The molecule has 4 amide bonds. The van der Waals surface area contributed by atoms with Crippen LogP contribution in [-0.4, -0.2) is 122 Å². The Labute approximate surface area is 646 Å². The highest BCUT2D eigenvalue weighted by Crippen LogP contribution is 2.36. The van der Waals surface area contributed by atoms with Gasteiger partial charge in [0.15, 0.2) is 23.1 Å². The average molecular weight is 1540 g/mol. The van der Waals surface area contributed by atoms with Gasteiger partial charge in [-0.25, -0.2) is 29.9 Å². The van der Waals surface area contributed by atoms with E-state index in [1.807, 2.05) is 210 Å². The second-order valence-corrected chi connectivity index (χ2v) is 28.3. The molecule has 12 heterocycles. The number of nitrogens with one attached hydrogen (secondary N) is 14. The van der Waals surface area contributed by atoms with Crippen molar-refractivity contribution in [3.05, 3.63) is 218 Å². The molecule has 0 saturated heterocycles. The van der Waals surface area contributed by atoms with Gasteiger partial charge in [0.1, 0.15) is 50.2 Å². The van der Waals surface area contributed by atoms with Gasteiger partial charge in [-0.2, -0.15) is 30.4 Å². The van der Waals surface area contributed by atoms with Crippen molar-refractivity contribution < 1.29 is 19.2 Å². The first-order valence-electron chi connectivity index (χ1n) is 35.4. The monoisotopic (exact) mass is 1530 g/mol. The van der Waals surface area contributed by atoms with Crippen LogP contribution < -0.4 is 53.2 Å². The van der Waals surface area contributed by atoms with Crippen LogP contribution in [0.3, 0.4) is 0 Å². The number of fused-ring (bicyclic) bond motifs is 4. The molecular formula is C76H74N30O4S2. The number of H-pyrrole nitrogens is 4. The minimum absolute atomic E-state index is 0.0971. The molecule has 2 fully saturated rings. The van der Waals surface area contributed by atoms with Gasteiger partial charge in [0.25, 0.3) is 0 Å². The van der Waals surface area contributed by atoms with Gasteiger partial charge in [0, 0.05) is 161 Å². The predicted octanol–water partition coefficient (Wildman–Crippen LogP) is 14.4. The number of benzene rings is 4. The number of anilines is 16. The summed E-state index contributed by atoms with van der Waals surface area (Å²) in [6.07, 6.45) is 20.1. The quantitative estimate of drug-likeness (QED) is 0.0280. The number of aromatic amines is 4. The number of nitrogens with zero attached hydrogens (tertiary/aromatic N) is 16. The lowest BCUT2D eigenvalue weighted by Gasteiger charge is -2.11. The Morgan fingerprint density at radius 3 is 1.29 bits per heavy atom. The number of rotatable bonds is 22. The number of amides is 4. The lowest BCUT2D eigenvalue weighted by atomic mass is 10.2. The van der Waals surface area contributed by atoms with E-state index in [0.29, 0.717) is 52.8 Å². The highest BCUT2D eigenvalue weighted by Gasteiger charge is 2.30. The molecular weight excluding hydrogens is 1460 g/mol. The van der Waals surface area contributed by atoms with E-state index in [1.165, 1.54) is 37.4 Å². The van der Waals surface area contributed by atoms with Crippen molar-refractivity contribution in [2.75, 3.05) is 53.2 Å². The first-order chi connectivity index (χ1) is 54.4. The summed E-state index contributed by atoms with van der Waals surface area (Å²) in [6, 6.07) is 43.5. The van der Waals surface area contributed by atoms with Gasteiger partial charge in [-0.15, -0.1) is 0 Å². The number of imidazole rings is 4. The van der Waals surface area contributed by atoms with E-state index < -0.39 is 0 Å². The largest absolute Gasteiger partial charge is 0.326 e. The first kappa shape index (κ1) is 73.1. The Hall–Kier alpha value is -14.4. The smallest absolute Gasteiger partial charge is 0.227 e. The van der Waals surface area contributed by atoms with E-state index in [9.17, 15) is 19.2 Å². The van der Waals surface area contributed by atoms with Crippen molar-refractivity contribution in [2.45, 2.75) is 87.2 Å². The molecule has 0 bridgehead atoms. The fraction of sp³-hybridized carbons (Fsp3) is 0.158. The molecule has 0 atom stereocenters. The maximum atomic E-state index is 11.9. The van der Waals surface area contributed by atoms with Crippen LogP contribution in [0.15, 0.2) is 215 Å². The van der Waals surface area contributed by atoms with Crippen LogP contribution >= 0.6 is 23.5 Å². The van der Waals surface area contributed by atoms with Crippen molar-refractivity contribution in [3.8, 4) is 0 Å². The molecule has 34 nitrogen and oxygen atoms in total. The Morgan fingerprint density at radius 1 is 0.411 bits per heavy atom. The predicted molar refractivity (Wildman–Crippen MR) is 430 cm³/mol. The Bertz CT molecular complexity index is 5650. The van der Waals surface area contributed by atoms with Gasteiger partial charge in [-0.1, -0.05) is 11.8 Å². The zero-order chi connectivity index (χ0) is 77.2. The molecule has 4 aromatic carbocycles. The van der Waals surface area contributed by atoms with Crippen molar-refractivity contribution in [3.63, 3.8) is 0 Å². The van der Waals surface area contributed by atoms with E-state index in [4.69, 9.17) is 9.97 Å². The van der Waals surface area contributed by atoms with Gasteiger partial charge in [-0.3, -0.25) is 52.8 Å². The summed E-state index contributed by atoms with van der Waals surface area (Å²) in [4.78, 5) is 83.1. The lowest BCUT2D eigenvalue weighted by Crippen LogP contribution is -2.13. The van der Waals surface area contributed by atoms with E-state index in [0.717, 1.165) is 131 Å². The Balaban J connectivity index is 0.000000118. The third-order valence-corrected chi connectivity index (χ3v) is 18.7. The maximum Gasteiger partial charge on any atom is 0.227 e. The van der Waals surface area contributed by atoms with Crippen molar-refractivity contribution in [2.24, 2.45) is 11.8 Å². The maximum absolute atomic E-state index is 11.9. The van der Waals surface area contributed by atoms with E-state index >= 15 is 0 Å². The van der Waals surface area contributed by atoms with Crippen molar-refractivity contribution in [1.82, 2.24) is 98.3 Å². The van der Waals surface area contributed by atoms with Crippen LogP contribution in [0.25, 0.3) is 22.5 Å². The van der Waals surface area contributed by atoms with Crippen LogP contribution in [0.5, 0.6) is 0 Å². The summed E-state index contributed by atoms with van der Waals surface area (Å²) in [5.41, 5.74) is 12.7. The normalized spacial score (nSPS) is 12.2. The highest BCUT2D eigenvalue weighted by molar-refractivity contribution is 7.99. The summed E-state index contributed by atoms with van der Waals surface area (Å²) in [5, 5.41) is 61.7. The summed E-state index contributed by atoms with van der Waals surface area (Å²) in [7, 11) is 0. The highest BCUT2D eigenvalue weighted by atomic mass is 32.2. The molecule has 2 aliphatic rings. The SMILES string of the molecule is CC(=O)Nc1ccc(Nc2nc(Nc3cc(C)[nH]n3)cc3nccn23)cc1.CC(=O)Nc1ccc(Nc2nc(Sc3cc(C)[nH]n3)cc3cncn23)cc1.Cc1cc(Nc2cc3nccn3c(Nc3ccc(NC(=O)C4CC4)cc3)n2)n[nH]1.Cc1cc(Nc2cn3ccnc3c(Sc3ccc(NC(=O)C4CC4)cc3)n2)n[nH]1. The minimum atomic E-state index is -0.107. The van der Waals surface area contributed by atoms with E-state index in [2.05, 4.69) is 124 Å². The molecule has 0 radical (unpaired) electrons. The standard InChI is InChI=1S/C20H20N8O.C20H19N7OS.C18H18N8O.C18H17N7OS/c1-12-10-17(27-26-12)24-16-11-18-21-8-9-28(18)20(25-16)23-15-6-4-14(5-7-15)22-19(29)13-2-3-13;1-12-10-16(26-25-12)23-17-11-27-9-8-21-18(27)20(24-17)29-15-6-4-14(5-7-15)22-19(28)13-2-3-13;1-11-9-16(25-24-11)22-15-10-17-19-7-8-26(17)18(23-15)21-14-5-3-13(4-6-14)20-12(2)27;1-11-7-17(24-23-11)27-16-8-15-9-19-10-25(15)18(22-16)21-14-5-3-13(4-6-14)20-12(2)26/h4-11,13H,2-3H2,1H3,(H,22,29)(H,23,25)(H2,24,26,27);4-11,13H,2-3H2,1H3,(H,22,28)(H2,23,25,26);3-10H,1-2H3,(H,20,27)(H,21,23)(H2,22,24,25);3-10H,1-2H3,(H,20,26)(H,21,22)(H,23,24). The first-order valence-corrected chi connectivity index (χ1v) is 37.0. The summed E-state index contributed by atoms with van der Waals surface area (Å²) in [6.45, 7) is 10.7. The van der Waals surface area contributed by atoms with Crippen LogP contribution in [0.2, 0.25) is 0 Å². The molecule has 0 unspecified atom stereocenters. The molecule has 16 aromatic rings. The van der Waals surface area contributed by atoms with Crippen molar-refractivity contribution in [1.29, 1.82) is 0 Å². The van der Waals surface area contributed by atoms with Gasteiger partial charge >= 0.3 is 0 Å². The summed E-state index contributed by atoms with van der Waals surface area (Å²) >= 11 is 3.00. The van der Waals surface area contributed by atoms with Gasteiger partial charge in [0.2, 0.25) is 41.5 Å². The van der Waals surface area contributed by atoms with Crippen LogP contribution in [0.4, 0.5) is 92.6 Å². The number of hydrogen-bond acceptors (Lipinski definition) is 24. The van der Waals surface area contributed by atoms with E-state index in [1.54, 1.807) is 31.1 Å². The molecule has 0 spiro atoms. The Morgan fingerprint density at radius 2 is 0.839 bits per heavy atom. The van der Waals surface area contributed by atoms with E-state index in [-0.39, 0.29) is 35.5 Å². The third kappa shape index (κ3) is 19.1. The van der Waals surface area contributed by atoms with Crippen LogP contribution in [0, 0.1) is 39.5 Å². The molecule has 14 N–H and O–H groups in total. The number of carbonyl (C=O) groups is 4. The molecule has 112 heavy (non-hydrogen) atoms. The molecule has 564 valence electrons. The second-order valence-electron chi connectivity index (χ2n) is 26.2. The number of hydrogen-bond donors (Lipinski definition) is 14. The fourth-order valence-electron chi connectivity index (χ4n) is 11.2. The Kier molecular flexibility index (Phi) is 21.5. The second kappa shape index (κ2) is 33.0. The number of aryl methyl sites for hydroxylation is 4. The lowest BCUT2D eigenvalue weighted by molar-refractivity contribution is -0.118. The molecule has 18 rings (SSSR count). The minimum Gasteiger partial charge on any atom is -0.326 e. The number of carbonyl (C=O) groups excluding carboxylic acids is 4. The fourth-order valence-corrected chi connectivity index (χ4v) is 13.0. The molecule has 2 saturated carbocycles. The zero-order valence-corrected chi connectivity index (χ0v) is 62.7. The van der Waals surface area contributed by atoms with Gasteiger partial charge < -0.3 is 57.6 Å². The van der Waals surface area contributed by atoms with Crippen LogP contribution in [0.1, 0.15) is 62.3 Å².